The Morgan fingerprint density at radius 3 is 2.86 bits per heavy atom. The van der Waals surface area contributed by atoms with Crippen molar-refractivity contribution < 1.29 is 4.92 Å². The Morgan fingerprint density at radius 2 is 2.21 bits per heavy atom. The van der Waals surface area contributed by atoms with Crippen molar-refractivity contribution >= 4 is 16.6 Å². The van der Waals surface area contributed by atoms with Crippen molar-refractivity contribution in [3.8, 4) is 0 Å². The van der Waals surface area contributed by atoms with Gasteiger partial charge in [0.1, 0.15) is 5.52 Å². The van der Waals surface area contributed by atoms with Crippen LogP contribution in [-0.2, 0) is 7.05 Å². The predicted molar refractivity (Wildman–Crippen MR) is 50.2 cm³/mol. The third kappa shape index (κ3) is 1.00. The smallest absolute Gasteiger partial charge is 0.281 e. The van der Waals surface area contributed by atoms with Crippen molar-refractivity contribution in [2.45, 2.75) is 0 Å². The first-order valence-corrected chi connectivity index (χ1v) is 3.93. The molecule has 0 atom stereocenters. The number of H-pyrrole nitrogens is 1. The van der Waals surface area contributed by atoms with Gasteiger partial charge in [0.2, 0.25) is 0 Å². The SMILES string of the molecule is Cn1[nH]c(=O)c2cccc([N+](=O)[O-])c21. The summed E-state index contributed by atoms with van der Waals surface area (Å²) in [6, 6.07) is 4.42. The van der Waals surface area contributed by atoms with Crippen LogP contribution < -0.4 is 5.56 Å². The number of fused-ring (bicyclic) bond motifs is 1. The van der Waals surface area contributed by atoms with Gasteiger partial charge in [-0.3, -0.25) is 24.7 Å². The number of aromatic nitrogens is 2. The maximum Gasteiger partial charge on any atom is 0.295 e. The summed E-state index contributed by atoms with van der Waals surface area (Å²) >= 11 is 0. The van der Waals surface area contributed by atoms with E-state index in [4.69, 9.17) is 0 Å². The van der Waals surface area contributed by atoms with Crippen LogP contribution in [0.3, 0.4) is 0 Å². The molecule has 14 heavy (non-hydrogen) atoms. The van der Waals surface area contributed by atoms with Crippen LogP contribution in [0.1, 0.15) is 0 Å². The normalized spacial score (nSPS) is 10.6. The summed E-state index contributed by atoms with van der Waals surface area (Å²) in [6.07, 6.45) is 0. The molecule has 1 heterocycles. The van der Waals surface area contributed by atoms with Gasteiger partial charge in [0.05, 0.1) is 10.3 Å². The number of hydrogen-bond donors (Lipinski definition) is 1. The number of nitrogens with zero attached hydrogens (tertiary/aromatic N) is 2. The lowest BCUT2D eigenvalue weighted by atomic mass is 10.2. The second kappa shape index (κ2) is 2.69. The van der Waals surface area contributed by atoms with Crippen LogP contribution in [0, 0.1) is 10.1 Å². The Hall–Kier alpha value is -2.11. The molecular formula is C8H7N3O3. The van der Waals surface area contributed by atoms with Crippen molar-refractivity contribution in [1.29, 1.82) is 0 Å². The highest BCUT2D eigenvalue weighted by Gasteiger charge is 2.16. The number of para-hydroxylation sites is 1. The lowest BCUT2D eigenvalue weighted by molar-refractivity contribution is -0.383. The van der Waals surface area contributed by atoms with E-state index in [-0.39, 0.29) is 11.2 Å². The van der Waals surface area contributed by atoms with E-state index in [2.05, 4.69) is 5.10 Å². The molecule has 1 aromatic heterocycles. The Kier molecular flexibility index (Phi) is 1.63. The van der Waals surface area contributed by atoms with Gasteiger partial charge < -0.3 is 0 Å². The molecule has 0 unspecified atom stereocenters. The molecule has 0 fully saturated rings. The molecule has 1 N–H and O–H groups in total. The predicted octanol–water partition coefficient (Wildman–Crippen LogP) is 0.775. The third-order valence-electron chi connectivity index (χ3n) is 2.06. The maximum atomic E-state index is 11.3. The van der Waals surface area contributed by atoms with E-state index < -0.39 is 4.92 Å². The molecule has 6 heteroatoms. The van der Waals surface area contributed by atoms with Gasteiger partial charge in [-0.25, -0.2) is 0 Å². The zero-order chi connectivity index (χ0) is 10.3. The lowest BCUT2D eigenvalue weighted by Crippen LogP contribution is -2.01. The number of nitro groups is 1. The Labute approximate surface area is 77.9 Å². The standard InChI is InChI=1S/C8H7N3O3/c1-10-7-5(8(12)9-10)3-2-4-6(7)11(13)14/h2-4H,1H3,(H,9,12). The number of nitro benzene ring substituents is 1. The number of non-ortho nitro benzene ring substituents is 1. The van der Waals surface area contributed by atoms with E-state index in [9.17, 15) is 14.9 Å². The average Bonchev–Trinajstić information content (AvgIpc) is 2.43. The minimum absolute atomic E-state index is 0.0663. The van der Waals surface area contributed by atoms with Gasteiger partial charge in [-0.2, -0.15) is 0 Å². The molecule has 0 saturated carbocycles. The van der Waals surface area contributed by atoms with Gasteiger partial charge in [0.25, 0.3) is 11.2 Å². The van der Waals surface area contributed by atoms with E-state index in [0.29, 0.717) is 10.9 Å². The Morgan fingerprint density at radius 1 is 1.50 bits per heavy atom. The van der Waals surface area contributed by atoms with Crippen molar-refractivity contribution in [1.82, 2.24) is 9.78 Å². The van der Waals surface area contributed by atoms with Gasteiger partial charge >= 0.3 is 0 Å². The number of aryl methyl sites for hydroxylation is 1. The fourth-order valence-electron chi connectivity index (χ4n) is 1.48. The van der Waals surface area contributed by atoms with Crippen molar-refractivity contribution in [2.75, 3.05) is 0 Å². The highest BCUT2D eigenvalue weighted by molar-refractivity contribution is 5.86. The highest BCUT2D eigenvalue weighted by atomic mass is 16.6. The second-order valence-corrected chi connectivity index (χ2v) is 2.93. The van der Waals surface area contributed by atoms with Gasteiger partial charge in [-0.1, -0.05) is 6.07 Å². The molecule has 2 rings (SSSR count). The Bertz CT molecular complexity index is 567. The van der Waals surface area contributed by atoms with E-state index in [1.165, 1.54) is 16.8 Å². The molecule has 0 bridgehead atoms. The zero-order valence-corrected chi connectivity index (χ0v) is 7.35. The van der Waals surface area contributed by atoms with E-state index in [1.54, 1.807) is 13.1 Å². The minimum Gasteiger partial charge on any atom is -0.281 e. The molecule has 0 aliphatic heterocycles. The van der Waals surface area contributed by atoms with Gasteiger partial charge in [-0.05, 0) is 6.07 Å². The molecule has 0 radical (unpaired) electrons. The zero-order valence-electron chi connectivity index (χ0n) is 7.35. The molecule has 0 amide bonds. The maximum absolute atomic E-state index is 11.3. The summed E-state index contributed by atoms with van der Waals surface area (Å²) in [5.74, 6) is 0. The first-order valence-electron chi connectivity index (χ1n) is 3.93. The molecule has 6 nitrogen and oxygen atoms in total. The first kappa shape index (κ1) is 8.49. The topological polar surface area (TPSA) is 80.9 Å². The molecular weight excluding hydrogens is 186 g/mol. The number of benzene rings is 1. The monoisotopic (exact) mass is 193 g/mol. The average molecular weight is 193 g/mol. The molecule has 0 aliphatic carbocycles. The summed E-state index contributed by atoms with van der Waals surface area (Å²) in [6.45, 7) is 0. The molecule has 72 valence electrons. The van der Waals surface area contributed by atoms with Gasteiger partial charge in [0.15, 0.2) is 0 Å². The first-order chi connectivity index (χ1) is 6.61. The summed E-state index contributed by atoms with van der Waals surface area (Å²) in [7, 11) is 1.57. The van der Waals surface area contributed by atoms with Crippen LogP contribution in [-0.4, -0.2) is 14.7 Å². The molecule has 0 spiro atoms. The number of rotatable bonds is 1. The van der Waals surface area contributed by atoms with Crippen molar-refractivity contribution in [3.05, 3.63) is 38.7 Å². The van der Waals surface area contributed by atoms with E-state index in [0.717, 1.165) is 0 Å². The number of hydrogen-bond acceptors (Lipinski definition) is 3. The number of aromatic amines is 1. The fraction of sp³-hybridized carbons (Fsp3) is 0.125. The molecule has 2 aromatic rings. The molecule has 0 aliphatic rings. The summed E-state index contributed by atoms with van der Waals surface area (Å²) < 4.78 is 1.36. The quantitative estimate of drug-likeness (QED) is 0.536. The van der Waals surface area contributed by atoms with Gasteiger partial charge in [-0.15, -0.1) is 0 Å². The van der Waals surface area contributed by atoms with Crippen LogP contribution in [0.5, 0.6) is 0 Å². The summed E-state index contributed by atoms with van der Waals surface area (Å²) in [4.78, 5) is 21.4. The van der Waals surface area contributed by atoms with E-state index >= 15 is 0 Å². The molecule has 0 saturated heterocycles. The van der Waals surface area contributed by atoms with Crippen LogP contribution in [0.15, 0.2) is 23.0 Å². The summed E-state index contributed by atoms with van der Waals surface area (Å²) in [5, 5.41) is 13.5. The lowest BCUT2D eigenvalue weighted by Gasteiger charge is -1.95. The van der Waals surface area contributed by atoms with Crippen LogP contribution in [0.4, 0.5) is 5.69 Å². The van der Waals surface area contributed by atoms with E-state index in [1.807, 2.05) is 0 Å². The van der Waals surface area contributed by atoms with Crippen molar-refractivity contribution in [3.63, 3.8) is 0 Å². The Balaban J connectivity index is 3.00. The van der Waals surface area contributed by atoms with Gasteiger partial charge in [0, 0.05) is 13.1 Å². The summed E-state index contributed by atoms with van der Waals surface area (Å²) in [5.41, 5.74) is -0.0583. The largest absolute Gasteiger partial charge is 0.295 e. The minimum atomic E-state index is -0.504. The molecule has 1 aromatic carbocycles. The van der Waals surface area contributed by atoms with Crippen molar-refractivity contribution in [2.24, 2.45) is 7.05 Å². The third-order valence-corrected chi connectivity index (χ3v) is 2.06. The van der Waals surface area contributed by atoms with Crippen LogP contribution >= 0.6 is 0 Å². The second-order valence-electron chi connectivity index (χ2n) is 2.93. The van der Waals surface area contributed by atoms with Crippen LogP contribution in [0.2, 0.25) is 0 Å². The highest BCUT2D eigenvalue weighted by Crippen LogP contribution is 2.21. The fourth-order valence-corrected chi connectivity index (χ4v) is 1.48. The van der Waals surface area contributed by atoms with Crippen LogP contribution in [0.25, 0.3) is 10.9 Å². The number of nitrogens with one attached hydrogen (secondary N) is 1.